The molecular weight excluding hydrogens is 300 g/mol. The lowest BCUT2D eigenvalue weighted by Crippen LogP contribution is -2.59. The van der Waals surface area contributed by atoms with Crippen molar-refractivity contribution in [3.63, 3.8) is 0 Å². The van der Waals surface area contributed by atoms with Gasteiger partial charge in [-0.25, -0.2) is 0 Å². The largest absolute Gasteiger partial charge is 0.469 e. The molecule has 0 aromatic carbocycles. The maximum absolute atomic E-state index is 12.6. The number of fused-ring (bicyclic) bond motifs is 3. The van der Waals surface area contributed by atoms with Crippen LogP contribution in [0.1, 0.15) is 78.6 Å². The van der Waals surface area contributed by atoms with Crippen LogP contribution in [0.25, 0.3) is 0 Å². The van der Waals surface area contributed by atoms with Crippen molar-refractivity contribution in [2.75, 3.05) is 7.11 Å². The zero-order chi connectivity index (χ0) is 17.4. The van der Waals surface area contributed by atoms with Crippen molar-refractivity contribution in [2.45, 2.75) is 84.2 Å². The summed E-state index contributed by atoms with van der Waals surface area (Å²) in [5.74, 6) is 1.53. The van der Waals surface area contributed by atoms with Crippen molar-refractivity contribution in [3.8, 4) is 0 Å². The molecule has 4 fully saturated rings. The summed E-state index contributed by atoms with van der Waals surface area (Å²) in [7, 11) is 1.54. The zero-order valence-electron chi connectivity index (χ0n) is 15.9. The molecule has 0 aromatic rings. The molecule has 0 heterocycles. The number of ether oxygens (including phenoxy) is 1. The van der Waals surface area contributed by atoms with Crippen LogP contribution in [0.15, 0.2) is 0 Å². The Morgan fingerprint density at radius 2 is 1.79 bits per heavy atom. The van der Waals surface area contributed by atoms with E-state index >= 15 is 0 Å². The Balaban J connectivity index is 1.72. The minimum Gasteiger partial charge on any atom is -0.469 e. The van der Waals surface area contributed by atoms with E-state index in [9.17, 15) is 9.90 Å². The van der Waals surface area contributed by atoms with Gasteiger partial charge in [-0.1, -0.05) is 20.3 Å². The molecule has 0 aromatic heterocycles. The number of hydrogen-bond donors (Lipinski definition) is 1. The van der Waals surface area contributed by atoms with Crippen LogP contribution in [-0.4, -0.2) is 23.8 Å². The summed E-state index contributed by atoms with van der Waals surface area (Å²) in [5, 5.41) is 11.1. The van der Waals surface area contributed by atoms with Gasteiger partial charge in [0, 0.05) is 0 Å². The molecule has 0 saturated heterocycles. The van der Waals surface area contributed by atoms with Crippen LogP contribution in [0.3, 0.4) is 0 Å². The summed E-state index contributed by atoms with van der Waals surface area (Å²) < 4.78 is 5.24. The second kappa shape index (κ2) is 4.99. The van der Waals surface area contributed by atoms with E-state index in [0.717, 1.165) is 38.5 Å². The van der Waals surface area contributed by atoms with E-state index in [1.807, 2.05) is 0 Å². The van der Waals surface area contributed by atoms with Gasteiger partial charge in [-0.05, 0) is 86.9 Å². The molecule has 24 heavy (non-hydrogen) atoms. The fourth-order valence-corrected chi connectivity index (χ4v) is 8.24. The van der Waals surface area contributed by atoms with Crippen molar-refractivity contribution in [1.82, 2.24) is 0 Å². The Morgan fingerprint density at radius 3 is 2.50 bits per heavy atom. The van der Waals surface area contributed by atoms with Gasteiger partial charge in [0.15, 0.2) is 0 Å². The van der Waals surface area contributed by atoms with E-state index < -0.39 is 5.60 Å². The van der Waals surface area contributed by atoms with Crippen molar-refractivity contribution in [3.05, 3.63) is 0 Å². The molecule has 2 bridgehead atoms. The first-order valence-electron chi connectivity index (χ1n) is 10.0. The molecular formula is C21H34O3. The first-order chi connectivity index (χ1) is 11.2. The quantitative estimate of drug-likeness (QED) is 0.726. The van der Waals surface area contributed by atoms with Gasteiger partial charge in [0.25, 0.3) is 0 Å². The first kappa shape index (κ1) is 16.9. The number of aliphatic hydroxyl groups is 1. The minimum absolute atomic E-state index is 0.00137. The fourth-order valence-electron chi connectivity index (χ4n) is 8.24. The molecule has 0 radical (unpaired) electrons. The van der Waals surface area contributed by atoms with Gasteiger partial charge in [-0.2, -0.15) is 0 Å². The number of carbonyl (C=O) groups is 1. The predicted octanol–water partition coefficient (Wildman–Crippen LogP) is 4.32. The van der Waals surface area contributed by atoms with E-state index in [0.29, 0.717) is 23.2 Å². The van der Waals surface area contributed by atoms with Crippen LogP contribution in [0, 0.1) is 34.0 Å². The highest BCUT2D eigenvalue weighted by molar-refractivity contribution is 5.77. The minimum atomic E-state index is -0.417. The molecule has 0 aliphatic heterocycles. The summed E-state index contributed by atoms with van der Waals surface area (Å²) in [6.45, 7) is 6.89. The highest BCUT2D eigenvalue weighted by Crippen LogP contribution is 2.73. The summed E-state index contributed by atoms with van der Waals surface area (Å²) in [6, 6.07) is 0. The number of rotatable bonds is 1. The highest BCUT2D eigenvalue weighted by atomic mass is 16.5. The number of hydrogen-bond acceptors (Lipinski definition) is 3. The van der Waals surface area contributed by atoms with E-state index in [-0.39, 0.29) is 16.8 Å². The average molecular weight is 335 g/mol. The average Bonchev–Trinajstić information content (AvgIpc) is 2.70. The van der Waals surface area contributed by atoms with Crippen LogP contribution in [0.4, 0.5) is 0 Å². The van der Waals surface area contributed by atoms with Gasteiger partial charge in [0.2, 0.25) is 0 Å². The standard InChI is InChI=1S/C21H34O3/c1-14-12-20-10-6-15-18(2,16(20)7-11-21(14,23)13-20)8-5-9-19(15,3)17(22)24-4/h14-16,23H,5-13H2,1-4H3. The normalized spacial score (nSPS) is 56.3. The Labute approximate surface area is 146 Å². The lowest BCUT2D eigenvalue weighted by Gasteiger charge is -2.64. The molecule has 4 aliphatic rings. The van der Waals surface area contributed by atoms with Crippen LogP contribution in [0.2, 0.25) is 0 Å². The summed E-state index contributed by atoms with van der Waals surface area (Å²) in [6.07, 6.45) is 9.95. The molecule has 1 spiro atoms. The molecule has 1 N–H and O–H groups in total. The monoisotopic (exact) mass is 334 g/mol. The Bertz CT molecular complexity index is 559. The van der Waals surface area contributed by atoms with E-state index in [1.165, 1.54) is 19.3 Å². The lowest BCUT2D eigenvalue weighted by molar-refractivity contribution is -0.189. The Morgan fingerprint density at radius 1 is 1.08 bits per heavy atom. The lowest BCUT2D eigenvalue weighted by atomic mass is 9.41. The fraction of sp³-hybridized carbons (Fsp3) is 0.952. The van der Waals surface area contributed by atoms with E-state index in [1.54, 1.807) is 7.11 Å². The second-order valence-corrected chi connectivity index (χ2v) is 10.2. The highest BCUT2D eigenvalue weighted by Gasteiger charge is 2.68. The molecule has 7 atom stereocenters. The molecule has 4 rings (SSSR count). The third kappa shape index (κ3) is 1.91. The van der Waals surface area contributed by atoms with Crippen LogP contribution in [-0.2, 0) is 9.53 Å². The van der Waals surface area contributed by atoms with Crippen molar-refractivity contribution in [1.29, 1.82) is 0 Å². The van der Waals surface area contributed by atoms with Gasteiger partial charge < -0.3 is 9.84 Å². The predicted molar refractivity (Wildman–Crippen MR) is 93.3 cm³/mol. The molecule has 7 unspecified atom stereocenters. The molecule has 136 valence electrons. The van der Waals surface area contributed by atoms with Crippen LogP contribution >= 0.6 is 0 Å². The Kier molecular flexibility index (Phi) is 3.51. The summed E-state index contributed by atoms with van der Waals surface area (Å²) >= 11 is 0. The number of esters is 1. The number of carbonyl (C=O) groups excluding carboxylic acids is 1. The Hall–Kier alpha value is -0.570. The van der Waals surface area contributed by atoms with E-state index in [2.05, 4.69) is 20.8 Å². The van der Waals surface area contributed by atoms with E-state index in [4.69, 9.17) is 4.74 Å². The van der Waals surface area contributed by atoms with Gasteiger partial charge in [0.05, 0.1) is 18.1 Å². The second-order valence-electron chi connectivity index (χ2n) is 10.2. The summed E-state index contributed by atoms with van der Waals surface area (Å²) in [5.41, 5.74) is -0.182. The molecule has 4 aliphatic carbocycles. The molecule has 3 heteroatoms. The van der Waals surface area contributed by atoms with Crippen molar-refractivity contribution in [2.24, 2.45) is 34.0 Å². The third-order valence-corrected chi connectivity index (χ3v) is 9.25. The molecule has 4 saturated carbocycles. The van der Waals surface area contributed by atoms with Gasteiger partial charge in [-0.3, -0.25) is 4.79 Å². The summed E-state index contributed by atoms with van der Waals surface area (Å²) in [4.78, 5) is 12.6. The van der Waals surface area contributed by atoms with Crippen molar-refractivity contribution >= 4 is 5.97 Å². The van der Waals surface area contributed by atoms with Gasteiger partial charge in [-0.15, -0.1) is 0 Å². The third-order valence-electron chi connectivity index (χ3n) is 9.25. The number of methoxy groups -OCH3 is 1. The van der Waals surface area contributed by atoms with Crippen LogP contribution < -0.4 is 0 Å². The molecule has 3 nitrogen and oxygen atoms in total. The van der Waals surface area contributed by atoms with Crippen molar-refractivity contribution < 1.29 is 14.6 Å². The topological polar surface area (TPSA) is 46.5 Å². The van der Waals surface area contributed by atoms with Gasteiger partial charge in [0.1, 0.15) is 0 Å². The van der Waals surface area contributed by atoms with Crippen LogP contribution in [0.5, 0.6) is 0 Å². The molecule has 0 amide bonds. The maximum atomic E-state index is 12.6. The smallest absolute Gasteiger partial charge is 0.311 e. The van der Waals surface area contributed by atoms with Gasteiger partial charge >= 0.3 is 5.97 Å². The maximum Gasteiger partial charge on any atom is 0.311 e. The zero-order valence-corrected chi connectivity index (χ0v) is 15.9. The SMILES string of the molecule is COC(=O)C1(C)CCCC2(C)C3CCC4(O)CC3(CCC12)CC4C. The first-order valence-corrected chi connectivity index (χ1v) is 10.0.